The van der Waals surface area contributed by atoms with Gasteiger partial charge in [0.2, 0.25) is 10.4 Å². The number of rotatable bonds is 13. The Balaban J connectivity index is 0.00000462. The first-order valence-electron chi connectivity index (χ1n) is 14.6. The number of nitrogens with zero attached hydrogens (tertiary/aromatic N) is 2. The van der Waals surface area contributed by atoms with Crippen LogP contribution in [0.15, 0.2) is 35.8 Å². The molecule has 0 saturated heterocycles. The minimum atomic E-state index is -4.79. The summed E-state index contributed by atoms with van der Waals surface area (Å²) in [5.41, 5.74) is 3.22. The molecular formula is C30H44N3NaO6S. The summed E-state index contributed by atoms with van der Waals surface area (Å²) >= 11 is 0. The van der Waals surface area contributed by atoms with Gasteiger partial charge in [-0.05, 0) is 86.4 Å². The van der Waals surface area contributed by atoms with Gasteiger partial charge in [-0.2, -0.15) is 0 Å². The molecule has 1 unspecified atom stereocenters. The molecular weight excluding hydrogens is 553 g/mol. The Kier molecular flexibility index (Phi) is 11.7. The van der Waals surface area contributed by atoms with Gasteiger partial charge in [-0.3, -0.25) is 18.7 Å². The van der Waals surface area contributed by atoms with Gasteiger partial charge in [-0.25, -0.2) is 13.4 Å². The number of H-pyrrole nitrogens is 1. The van der Waals surface area contributed by atoms with E-state index in [1.54, 1.807) is 18.1 Å². The number of hydrogen-bond donors (Lipinski definition) is 1. The first kappa shape index (κ1) is 34.2. The van der Waals surface area contributed by atoms with E-state index in [1.807, 2.05) is 0 Å². The summed E-state index contributed by atoms with van der Waals surface area (Å²) in [6.45, 7) is 9.46. The summed E-state index contributed by atoms with van der Waals surface area (Å²) in [6.07, 6.45) is 15.5. The van der Waals surface area contributed by atoms with Gasteiger partial charge in [0, 0.05) is 36.5 Å². The van der Waals surface area contributed by atoms with Crippen LogP contribution in [0.2, 0.25) is 0 Å². The molecule has 1 N–H and O–H groups in total. The molecule has 2 heterocycles. The molecule has 3 aliphatic rings. The maximum absolute atomic E-state index is 12.9. The van der Waals surface area contributed by atoms with E-state index in [2.05, 4.69) is 43.7 Å². The van der Waals surface area contributed by atoms with Crippen molar-refractivity contribution in [2.24, 2.45) is 28.6 Å². The first-order chi connectivity index (χ1) is 18.8. The molecule has 2 amide bonds. The first-order valence-corrected chi connectivity index (χ1v) is 16.0. The van der Waals surface area contributed by atoms with E-state index in [0.29, 0.717) is 48.5 Å². The molecule has 41 heavy (non-hydrogen) atoms. The molecule has 1 fully saturated rings. The number of allylic oxidation sites excluding steroid dienone is 2. The molecule has 0 bridgehead atoms. The fraction of sp³-hybridized carbons (Fsp3) is 0.700. The van der Waals surface area contributed by atoms with Gasteiger partial charge < -0.3 is 9.54 Å². The van der Waals surface area contributed by atoms with E-state index in [4.69, 9.17) is 4.18 Å². The third-order valence-corrected chi connectivity index (χ3v) is 10.1. The second-order valence-electron chi connectivity index (χ2n) is 13.1. The van der Waals surface area contributed by atoms with Crippen LogP contribution in [0.25, 0.3) is 0 Å². The zero-order chi connectivity index (χ0) is 29.1. The predicted octanol–water partition coefficient (Wildman–Crippen LogP) is 2.09. The fourth-order valence-electron chi connectivity index (χ4n) is 7.00. The van der Waals surface area contributed by atoms with Crippen molar-refractivity contribution in [3.05, 3.63) is 41.5 Å². The summed E-state index contributed by atoms with van der Waals surface area (Å²) in [6, 6.07) is 0. The van der Waals surface area contributed by atoms with E-state index < -0.39 is 10.4 Å². The molecule has 2 aliphatic carbocycles. The van der Waals surface area contributed by atoms with Gasteiger partial charge in [-0.1, -0.05) is 39.3 Å². The third-order valence-electron chi connectivity index (χ3n) is 9.63. The van der Waals surface area contributed by atoms with Crippen LogP contribution >= 0.6 is 0 Å². The Morgan fingerprint density at radius 2 is 1.95 bits per heavy atom. The predicted molar refractivity (Wildman–Crippen MR) is 150 cm³/mol. The summed E-state index contributed by atoms with van der Waals surface area (Å²) in [4.78, 5) is 33.5. The summed E-state index contributed by atoms with van der Waals surface area (Å²) < 4.78 is 38.5. The minimum Gasteiger partial charge on any atom is -0.726 e. The van der Waals surface area contributed by atoms with E-state index in [1.165, 1.54) is 30.2 Å². The molecule has 1 aromatic heterocycles. The normalized spacial score (nSPS) is 26.7. The Labute approximate surface area is 267 Å². The van der Waals surface area contributed by atoms with Gasteiger partial charge in [-0.15, -0.1) is 0 Å². The molecule has 9 nitrogen and oxygen atoms in total. The van der Waals surface area contributed by atoms with Crippen LogP contribution in [0.4, 0.5) is 0 Å². The number of imide groups is 1. The van der Waals surface area contributed by atoms with E-state index in [0.717, 1.165) is 25.0 Å². The van der Waals surface area contributed by atoms with Crippen molar-refractivity contribution in [2.45, 2.75) is 91.9 Å². The van der Waals surface area contributed by atoms with Crippen LogP contribution in [-0.4, -0.2) is 52.8 Å². The van der Waals surface area contributed by atoms with E-state index >= 15 is 0 Å². The van der Waals surface area contributed by atoms with Gasteiger partial charge in [0.1, 0.15) is 0 Å². The second kappa shape index (κ2) is 14.0. The number of carbonyl (C=O) groups is 2. The standard InChI is InChI=1S/C30H45N3O6S.Na/c1-21-8-9-24-17-29(2,3)13-11-26(24)30(21,4)14-10-22(19-39-40(36,37)38)6-5-7-23-16-27(34)33(28(23)35)15-12-25-18-31-20-32-25;/h11,16,18,20-22,24H,5-10,12-15,17,19H2,1-4H3,(H,31,32)(H,36,37,38);/q;+1/p-1/t21-,22?,24+,30-;/m0./s1. The van der Waals surface area contributed by atoms with Crippen LogP contribution in [-0.2, 0) is 30.6 Å². The molecule has 0 radical (unpaired) electrons. The molecule has 4 rings (SSSR count). The molecule has 1 aromatic rings. The minimum absolute atomic E-state index is 0. The van der Waals surface area contributed by atoms with Crippen molar-refractivity contribution in [3.8, 4) is 0 Å². The maximum atomic E-state index is 12.9. The summed E-state index contributed by atoms with van der Waals surface area (Å²) in [7, 11) is -4.79. The Morgan fingerprint density at radius 1 is 1.20 bits per heavy atom. The van der Waals surface area contributed by atoms with Crippen molar-refractivity contribution in [1.29, 1.82) is 0 Å². The average Bonchev–Trinajstić information content (AvgIpc) is 3.48. The monoisotopic (exact) mass is 597 g/mol. The van der Waals surface area contributed by atoms with Crippen molar-refractivity contribution in [3.63, 3.8) is 0 Å². The number of imidazole rings is 1. The zero-order valence-corrected chi connectivity index (χ0v) is 28.1. The largest absolute Gasteiger partial charge is 1.00 e. The fourth-order valence-corrected chi connectivity index (χ4v) is 7.36. The van der Waals surface area contributed by atoms with Crippen LogP contribution in [0, 0.1) is 28.6 Å². The van der Waals surface area contributed by atoms with Gasteiger partial charge in [0.05, 0.1) is 12.9 Å². The van der Waals surface area contributed by atoms with Gasteiger partial charge >= 0.3 is 29.6 Å². The number of aromatic amines is 1. The SMILES string of the molecule is C[C@H]1CC[C@@H]2CC(C)(C)CC=C2[C@@]1(C)CCC(CCCC1=CC(=O)N(CCc2cnc[nH]2)C1=O)COS(=O)(=O)[O-].[Na+]. The number of amides is 2. The number of hydrogen-bond acceptors (Lipinski definition) is 7. The summed E-state index contributed by atoms with van der Waals surface area (Å²) in [5.74, 6) is 0.380. The Hall–Kier alpha value is -1.30. The quantitative estimate of drug-likeness (QED) is 0.121. The van der Waals surface area contributed by atoms with Crippen molar-refractivity contribution in [2.75, 3.05) is 13.2 Å². The molecule has 222 valence electrons. The van der Waals surface area contributed by atoms with Crippen molar-refractivity contribution in [1.82, 2.24) is 14.9 Å². The second-order valence-corrected chi connectivity index (χ2v) is 14.2. The molecule has 0 aromatic carbocycles. The van der Waals surface area contributed by atoms with Crippen LogP contribution < -0.4 is 29.6 Å². The van der Waals surface area contributed by atoms with Crippen molar-refractivity contribution < 1.29 is 56.3 Å². The Morgan fingerprint density at radius 3 is 2.63 bits per heavy atom. The third kappa shape index (κ3) is 8.86. The van der Waals surface area contributed by atoms with Gasteiger partial charge in [0.25, 0.3) is 11.8 Å². The van der Waals surface area contributed by atoms with Gasteiger partial charge in [0.15, 0.2) is 0 Å². The van der Waals surface area contributed by atoms with E-state index in [9.17, 15) is 22.6 Å². The van der Waals surface area contributed by atoms with Crippen LogP contribution in [0.5, 0.6) is 0 Å². The smallest absolute Gasteiger partial charge is 0.726 e. The molecule has 4 atom stereocenters. The summed E-state index contributed by atoms with van der Waals surface area (Å²) in [5, 5.41) is 0. The number of aromatic nitrogens is 2. The maximum Gasteiger partial charge on any atom is 1.00 e. The topological polar surface area (TPSA) is 132 Å². The number of carbonyl (C=O) groups excluding carboxylic acids is 2. The van der Waals surface area contributed by atoms with Crippen LogP contribution in [0.3, 0.4) is 0 Å². The van der Waals surface area contributed by atoms with Crippen molar-refractivity contribution >= 4 is 22.2 Å². The zero-order valence-electron chi connectivity index (χ0n) is 25.3. The molecule has 11 heteroatoms. The number of nitrogens with one attached hydrogen (secondary N) is 1. The van der Waals surface area contributed by atoms with Crippen LogP contribution in [0.1, 0.15) is 91.2 Å². The molecule has 1 saturated carbocycles. The average molecular weight is 598 g/mol. The molecule has 1 aliphatic heterocycles. The van der Waals surface area contributed by atoms with E-state index in [-0.39, 0.29) is 65.9 Å². The number of fused-ring (bicyclic) bond motifs is 1. The Bertz CT molecular complexity index is 1240. The molecule has 0 spiro atoms.